The Kier molecular flexibility index (Phi) is 4.45. The maximum atomic E-state index is 14.2. The molecule has 3 aromatic rings. The van der Waals surface area contributed by atoms with Crippen LogP contribution in [0.25, 0.3) is 0 Å². The molecule has 0 bridgehead atoms. The van der Waals surface area contributed by atoms with Gasteiger partial charge in [0, 0.05) is 25.0 Å². The minimum atomic E-state index is -0.690. The van der Waals surface area contributed by atoms with Crippen LogP contribution in [0.4, 0.5) is 4.39 Å². The van der Waals surface area contributed by atoms with Gasteiger partial charge in [0.25, 0.3) is 5.91 Å². The molecule has 0 saturated carbocycles. The van der Waals surface area contributed by atoms with Crippen molar-refractivity contribution in [3.63, 3.8) is 0 Å². The molecule has 2 aromatic heterocycles. The topological polar surface area (TPSA) is 46.9 Å². The van der Waals surface area contributed by atoms with Crippen LogP contribution in [0.2, 0.25) is 4.34 Å². The number of carbonyl (C=O) groups excluding carboxylic acids is 1. The molecule has 7 heteroatoms. The van der Waals surface area contributed by atoms with Crippen LogP contribution in [0.5, 0.6) is 0 Å². The van der Waals surface area contributed by atoms with E-state index in [1.807, 2.05) is 0 Å². The van der Waals surface area contributed by atoms with Gasteiger partial charge < -0.3 is 9.88 Å². The Morgan fingerprint density at radius 1 is 1.35 bits per heavy atom. The van der Waals surface area contributed by atoms with Gasteiger partial charge in [0.05, 0.1) is 9.21 Å². The SMILES string of the molecule is Cn1ccnc1[C@H](NC(=O)c1ccc(Cl)s1)c1ccccc1F. The van der Waals surface area contributed by atoms with Gasteiger partial charge >= 0.3 is 0 Å². The average Bonchev–Trinajstić information content (AvgIpc) is 3.14. The predicted octanol–water partition coefficient (Wildman–Crippen LogP) is 3.79. The molecular weight excluding hydrogens is 337 g/mol. The third kappa shape index (κ3) is 3.28. The molecule has 1 amide bonds. The van der Waals surface area contributed by atoms with E-state index in [2.05, 4.69) is 10.3 Å². The van der Waals surface area contributed by atoms with E-state index in [0.29, 0.717) is 20.6 Å². The van der Waals surface area contributed by atoms with E-state index in [1.54, 1.807) is 54.3 Å². The zero-order valence-electron chi connectivity index (χ0n) is 12.2. The normalized spacial score (nSPS) is 12.1. The van der Waals surface area contributed by atoms with Crippen molar-refractivity contribution in [2.24, 2.45) is 7.05 Å². The van der Waals surface area contributed by atoms with Crippen LogP contribution < -0.4 is 5.32 Å². The molecule has 1 atom stereocenters. The van der Waals surface area contributed by atoms with E-state index in [4.69, 9.17) is 11.6 Å². The van der Waals surface area contributed by atoms with Crippen LogP contribution in [0, 0.1) is 5.82 Å². The first kappa shape index (κ1) is 15.7. The highest BCUT2D eigenvalue weighted by atomic mass is 35.5. The number of aryl methyl sites for hydroxylation is 1. The molecule has 0 aliphatic heterocycles. The number of rotatable bonds is 4. The number of benzene rings is 1. The van der Waals surface area contributed by atoms with Gasteiger partial charge in [-0.2, -0.15) is 0 Å². The van der Waals surface area contributed by atoms with Crippen molar-refractivity contribution in [3.8, 4) is 0 Å². The van der Waals surface area contributed by atoms with Crippen molar-refractivity contribution in [3.05, 3.63) is 75.2 Å². The van der Waals surface area contributed by atoms with Gasteiger partial charge in [-0.1, -0.05) is 29.8 Å². The quantitative estimate of drug-likeness (QED) is 0.779. The number of imidazole rings is 1. The smallest absolute Gasteiger partial charge is 0.262 e. The number of hydrogen-bond acceptors (Lipinski definition) is 3. The molecule has 0 radical (unpaired) electrons. The van der Waals surface area contributed by atoms with E-state index in [9.17, 15) is 9.18 Å². The number of aromatic nitrogens is 2. The Labute approximate surface area is 141 Å². The molecule has 0 unspecified atom stereocenters. The molecule has 1 aromatic carbocycles. The molecule has 1 N–H and O–H groups in total. The summed E-state index contributed by atoms with van der Waals surface area (Å²) >= 11 is 7.04. The highest BCUT2D eigenvalue weighted by molar-refractivity contribution is 7.18. The van der Waals surface area contributed by atoms with Crippen molar-refractivity contribution in [2.75, 3.05) is 0 Å². The van der Waals surface area contributed by atoms with Crippen LogP contribution in [0.3, 0.4) is 0 Å². The number of halogens is 2. The molecule has 0 saturated heterocycles. The third-order valence-corrected chi connectivity index (χ3v) is 4.64. The minimum Gasteiger partial charge on any atom is -0.337 e. The van der Waals surface area contributed by atoms with Crippen LogP contribution in [-0.2, 0) is 7.05 Å². The molecule has 0 aliphatic rings. The molecule has 0 spiro atoms. The fraction of sp³-hybridized carbons (Fsp3) is 0.125. The fourth-order valence-electron chi connectivity index (χ4n) is 2.28. The Bertz CT molecular complexity index is 845. The zero-order valence-corrected chi connectivity index (χ0v) is 13.7. The average molecular weight is 350 g/mol. The monoisotopic (exact) mass is 349 g/mol. The highest BCUT2D eigenvalue weighted by Gasteiger charge is 2.24. The van der Waals surface area contributed by atoms with Gasteiger partial charge in [0.2, 0.25) is 0 Å². The summed E-state index contributed by atoms with van der Waals surface area (Å²) in [4.78, 5) is 17.1. The molecule has 3 rings (SSSR count). The van der Waals surface area contributed by atoms with Gasteiger partial charge in [-0.05, 0) is 18.2 Å². The second kappa shape index (κ2) is 6.52. The van der Waals surface area contributed by atoms with E-state index in [0.717, 1.165) is 0 Å². The van der Waals surface area contributed by atoms with Crippen LogP contribution in [0.15, 0.2) is 48.8 Å². The molecule has 2 heterocycles. The zero-order chi connectivity index (χ0) is 16.4. The number of nitrogens with one attached hydrogen (secondary N) is 1. The molecule has 4 nitrogen and oxygen atoms in total. The van der Waals surface area contributed by atoms with Crippen molar-refractivity contribution < 1.29 is 9.18 Å². The number of carbonyl (C=O) groups is 1. The first-order valence-corrected chi connectivity index (χ1v) is 8.03. The molecular formula is C16H13ClFN3OS. The van der Waals surface area contributed by atoms with E-state index >= 15 is 0 Å². The largest absolute Gasteiger partial charge is 0.337 e. The molecule has 118 valence electrons. The second-order valence-electron chi connectivity index (χ2n) is 4.93. The van der Waals surface area contributed by atoms with Gasteiger partial charge in [0.15, 0.2) is 0 Å². The summed E-state index contributed by atoms with van der Waals surface area (Å²) in [5.74, 6) is -0.172. The van der Waals surface area contributed by atoms with Crippen LogP contribution in [0.1, 0.15) is 27.1 Å². The summed E-state index contributed by atoms with van der Waals surface area (Å²) in [6.45, 7) is 0. The lowest BCUT2D eigenvalue weighted by atomic mass is 10.1. The fourth-order valence-corrected chi connectivity index (χ4v) is 3.23. The Morgan fingerprint density at radius 3 is 2.74 bits per heavy atom. The lowest BCUT2D eigenvalue weighted by Gasteiger charge is -2.19. The summed E-state index contributed by atoms with van der Waals surface area (Å²) < 4.78 is 16.5. The van der Waals surface area contributed by atoms with Gasteiger partial charge in [-0.15, -0.1) is 11.3 Å². The number of amides is 1. The van der Waals surface area contributed by atoms with E-state index in [-0.39, 0.29) is 5.91 Å². The summed E-state index contributed by atoms with van der Waals surface area (Å²) in [5.41, 5.74) is 0.359. The number of hydrogen-bond donors (Lipinski definition) is 1. The Balaban J connectivity index is 1.98. The Morgan fingerprint density at radius 2 is 2.13 bits per heavy atom. The summed E-state index contributed by atoms with van der Waals surface area (Å²) in [6, 6.07) is 8.93. The number of thiophene rings is 1. The first-order chi connectivity index (χ1) is 11.1. The Hall–Kier alpha value is -2.18. The van der Waals surface area contributed by atoms with E-state index in [1.165, 1.54) is 17.4 Å². The van der Waals surface area contributed by atoms with Crippen LogP contribution >= 0.6 is 22.9 Å². The van der Waals surface area contributed by atoms with Gasteiger partial charge in [-0.25, -0.2) is 9.37 Å². The maximum Gasteiger partial charge on any atom is 0.262 e. The third-order valence-electron chi connectivity index (χ3n) is 3.41. The minimum absolute atomic E-state index is 0.321. The standard InChI is InChI=1S/C16H13ClFN3OS/c1-21-9-8-19-15(21)14(10-4-2-3-5-11(10)18)20-16(22)12-6-7-13(17)23-12/h2-9,14H,1H3,(H,20,22)/t14-/m1/s1. The number of nitrogens with zero attached hydrogens (tertiary/aromatic N) is 2. The maximum absolute atomic E-state index is 14.2. The van der Waals surface area contributed by atoms with Crippen molar-refractivity contribution >= 4 is 28.8 Å². The van der Waals surface area contributed by atoms with Crippen molar-refractivity contribution in [1.29, 1.82) is 0 Å². The predicted molar refractivity (Wildman–Crippen MR) is 88.2 cm³/mol. The second-order valence-corrected chi connectivity index (χ2v) is 6.64. The first-order valence-electron chi connectivity index (χ1n) is 6.84. The molecule has 23 heavy (non-hydrogen) atoms. The van der Waals surface area contributed by atoms with Crippen LogP contribution in [-0.4, -0.2) is 15.5 Å². The van der Waals surface area contributed by atoms with Crippen molar-refractivity contribution in [2.45, 2.75) is 6.04 Å². The van der Waals surface area contributed by atoms with Gasteiger partial charge in [-0.3, -0.25) is 4.79 Å². The van der Waals surface area contributed by atoms with Crippen molar-refractivity contribution in [1.82, 2.24) is 14.9 Å². The summed E-state index contributed by atoms with van der Waals surface area (Å²) in [7, 11) is 1.80. The summed E-state index contributed by atoms with van der Waals surface area (Å²) in [5, 5.41) is 2.84. The lowest BCUT2D eigenvalue weighted by Crippen LogP contribution is -2.31. The lowest BCUT2D eigenvalue weighted by molar-refractivity contribution is 0.0945. The molecule has 0 fully saturated rings. The van der Waals surface area contributed by atoms with E-state index < -0.39 is 11.9 Å². The van der Waals surface area contributed by atoms with Gasteiger partial charge in [0.1, 0.15) is 17.7 Å². The summed E-state index contributed by atoms with van der Waals surface area (Å²) in [6.07, 6.45) is 3.36. The molecule has 0 aliphatic carbocycles. The highest BCUT2D eigenvalue weighted by Crippen LogP contribution is 2.26.